The van der Waals surface area contributed by atoms with Gasteiger partial charge in [-0.1, -0.05) is 42.5 Å². The summed E-state index contributed by atoms with van der Waals surface area (Å²) in [6.45, 7) is 0.520. The topological polar surface area (TPSA) is 85.9 Å². The molecule has 0 spiro atoms. The molecule has 0 saturated heterocycles. The zero-order chi connectivity index (χ0) is 20.1. The Morgan fingerprint density at radius 1 is 1.10 bits per heavy atom. The highest BCUT2D eigenvalue weighted by molar-refractivity contribution is 7.07. The largest absolute Gasteiger partial charge is 0.467 e. The summed E-state index contributed by atoms with van der Waals surface area (Å²) in [4.78, 5) is 11.2. The number of nitro benzene ring substituents is 1. The summed E-state index contributed by atoms with van der Waals surface area (Å²) in [7, 11) is 0. The van der Waals surface area contributed by atoms with Crippen LogP contribution < -0.4 is 4.80 Å². The Kier molecular flexibility index (Phi) is 5.44. The highest BCUT2D eigenvalue weighted by atomic mass is 32.1. The average Bonchev–Trinajstić information content (AvgIpc) is 3.40. The van der Waals surface area contributed by atoms with Gasteiger partial charge in [0.05, 0.1) is 29.6 Å². The minimum Gasteiger partial charge on any atom is -0.467 e. The molecule has 0 unspecified atom stereocenters. The first-order valence-electron chi connectivity index (χ1n) is 8.78. The third kappa shape index (κ3) is 4.39. The van der Waals surface area contributed by atoms with Gasteiger partial charge in [-0.05, 0) is 17.7 Å². The maximum Gasteiger partial charge on any atom is 0.270 e. The minimum absolute atomic E-state index is 0.0179. The van der Waals surface area contributed by atoms with Crippen molar-refractivity contribution in [2.75, 3.05) is 0 Å². The summed E-state index contributed by atoms with van der Waals surface area (Å²) >= 11 is 1.47. The van der Waals surface area contributed by atoms with Gasteiger partial charge in [0.1, 0.15) is 5.76 Å². The van der Waals surface area contributed by atoms with Gasteiger partial charge in [-0.15, -0.1) is 16.4 Å². The van der Waals surface area contributed by atoms with E-state index in [2.05, 4.69) is 10.2 Å². The molecule has 0 aliphatic heterocycles. The van der Waals surface area contributed by atoms with Gasteiger partial charge in [-0.2, -0.15) is 5.10 Å². The lowest BCUT2D eigenvalue weighted by molar-refractivity contribution is -0.384. The second-order valence-corrected chi connectivity index (χ2v) is 6.97. The van der Waals surface area contributed by atoms with Crippen LogP contribution in [-0.2, 0) is 6.54 Å². The molecular formula is C21H16N4O3S. The van der Waals surface area contributed by atoms with Crippen LogP contribution in [0.2, 0.25) is 0 Å². The van der Waals surface area contributed by atoms with Gasteiger partial charge in [0, 0.05) is 23.1 Å². The van der Waals surface area contributed by atoms with Crippen LogP contribution in [0.25, 0.3) is 11.3 Å². The molecule has 4 rings (SSSR count). The molecule has 0 bridgehead atoms. The molecule has 0 fully saturated rings. The van der Waals surface area contributed by atoms with Crippen molar-refractivity contribution in [3.63, 3.8) is 0 Å². The summed E-state index contributed by atoms with van der Waals surface area (Å²) in [5.41, 5.74) is 2.71. The maximum absolute atomic E-state index is 10.9. The zero-order valence-corrected chi connectivity index (χ0v) is 16.0. The van der Waals surface area contributed by atoms with Crippen molar-refractivity contribution >= 4 is 23.2 Å². The molecule has 0 aliphatic rings. The number of furan rings is 1. The Morgan fingerprint density at radius 2 is 1.97 bits per heavy atom. The Bertz CT molecular complexity index is 1210. The SMILES string of the molecule is O=[N+]([O-])c1cccc(C=NN=c2scc(-c3ccccc3)n2Cc2ccco2)c1. The van der Waals surface area contributed by atoms with Crippen molar-refractivity contribution in [1.82, 2.24) is 4.57 Å². The van der Waals surface area contributed by atoms with Gasteiger partial charge in [0.2, 0.25) is 4.80 Å². The highest BCUT2D eigenvalue weighted by Crippen LogP contribution is 2.21. The molecule has 0 amide bonds. The Labute approximate surface area is 170 Å². The van der Waals surface area contributed by atoms with E-state index in [9.17, 15) is 10.1 Å². The summed E-state index contributed by atoms with van der Waals surface area (Å²) < 4.78 is 7.53. The third-order valence-electron chi connectivity index (χ3n) is 4.19. The minimum atomic E-state index is -0.433. The fourth-order valence-electron chi connectivity index (χ4n) is 2.82. The molecule has 0 atom stereocenters. The third-order valence-corrected chi connectivity index (χ3v) is 5.05. The number of aromatic nitrogens is 1. The molecule has 0 N–H and O–H groups in total. The number of rotatable bonds is 6. The summed E-state index contributed by atoms with van der Waals surface area (Å²) in [5, 5.41) is 21.4. The van der Waals surface area contributed by atoms with Crippen LogP contribution in [0.15, 0.2) is 93.0 Å². The molecule has 0 aliphatic carbocycles. The van der Waals surface area contributed by atoms with E-state index in [1.54, 1.807) is 18.4 Å². The van der Waals surface area contributed by atoms with Crippen molar-refractivity contribution in [3.8, 4) is 11.3 Å². The van der Waals surface area contributed by atoms with E-state index >= 15 is 0 Å². The zero-order valence-electron chi connectivity index (χ0n) is 15.2. The molecule has 29 heavy (non-hydrogen) atoms. The molecule has 2 heterocycles. The lowest BCUT2D eigenvalue weighted by atomic mass is 10.2. The fourth-order valence-corrected chi connectivity index (χ4v) is 3.69. The first-order chi connectivity index (χ1) is 14.2. The predicted molar refractivity (Wildman–Crippen MR) is 112 cm³/mol. The van der Waals surface area contributed by atoms with Crippen LogP contribution >= 0.6 is 11.3 Å². The normalized spacial score (nSPS) is 11.9. The van der Waals surface area contributed by atoms with Crippen molar-refractivity contribution in [2.45, 2.75) is 6.54 Å². The van der Waals surface area contributed by atoms with Gasteiger partial charge >= 0.3 is 0 Å². The number of nitro groups is 1. The van der Waals surface area contributed by atoms with Gasteiger partial charge < -0.3 is 8.98 Å². The van der Waals surface area contributed by atoms with E-state index in [4.69, 9.17) is 4.42 Å². The average molecular weight is 404 g/mol. The summed E-state index contributed by atoms with van der Waals surface area (Å²) in [6.07, 6.45) is 3.15. The van der Waals surface area contributed by atoms with Gasteiger partial charge in [-0.3, -0.25) is 10.1 Å². The number of benzene rings is 2. The van der Waals surface area contributed by atoms with E-state index in [0.717, 1.165) is 17.0 Å². The van der Waals surface area contributed by atoms with E-state index in [0.29, 0.717) is 16.9 Å². The van der Waals surface area contributed by atoms with Crippen LogP contribution in [0.3, 0.4) is 0 Å². The molecular weight excluding hydrogens is 388 g/mol. The second-order valence-electron chi connectivity index (χ2n) is 6.13. The first kappa shape index (κ1) is 18.6. The second kappa shape index (κ2) is 8.49. The number of nitrogens with zero attached hydrogens (tertiary/aromatic N) is 4. The fraction of sp³-hybridized carbons (Fsp3) is 0.0476. The monoisotopic (exact) mass is 404 g/mol. The van der Waals surface area contributed by atoms with Crippen LogP contribution in [0.5, 0.6) is 0 Å². The molecule has 4 aromatic rings. The van der Waals surface area contributed by atoms with Crippen LogP contribution in [-0.4, -0.2) is 15.7 Å². The predicted octanol–water partition coefficient (Wildman–Crippen LogP) is 4.70. The van der Waals surface area contributed by atoms with Gasteiger partial charge in [0.25, 0.3) is 5.69 Å². The smallest absolute Gasteiger partial charge is 0.270 e. The summed E-state index contributed by atoms with van der Waals surface area (Å²) in [5.74, 6) is 0.810. The molecule has 8 heteroatoms. The van der Waals surface area contributed by atoms with Gasteiger partial charge in [-0.25, -0.2) is 0 Å². The molecule has 2 aromatic heterocycles. The Hall–Kier alpha value is -3.78. The van der Waals surface area contributed by atoms with Crippen LogP contribution in [0.4, 0.5) is 5.69 Å². The van der Waals surface area contributed by atoms with E-state index in [1.807, 2.05) is 52.4 Å². The van der Waals surface area contributed by atoms with Crippen LogP contribution in [0, 0.1) is 10.1 Å². The van der Waals surface area contributed by atoms with Crippen molar-refractivity contribution in [2.24, 2.45) is 10.2 Å². The summed E-state index contributed by atoms with van der Waals surface area (Å²) in [6, 6.07) is 20.0. The van der Waals surface area contributed by atoms with Crippen molar-refractivity contribution < 1.29 is 9.34 Å². The van der Waals surface area contributed by atoms with E-state index in [-0.39, 0.29) is 5.69 Å². The molecule has 0 radical (unpaired) electrons. The van der Waals surface area contributed by atoms with Gasteiger partial charge in [0.15, 0.2) is 0 Å². The number of thiazole rings is 1. The maximum atomic E-state index is 10.9. The molecule has 144 valence electrons. The van der Waals surface area contributed by atoms with Crippen LogP contribution in [0.1, 0.15) is 11.3 Å². The van der Waals surface area contributed by atoms with E-state index in [1.165, 1.54) is 29.7 Å². The lowest BCUT2D eigenvalue weighted by Crippen LogP contribution is -2.16. The molecule has 2 aromatic carbocycles. The standard InChI is InChI=1S/C21H16N4O3S/c26-25(27)18-9-4-6-16(12-18)13-22-23-21-24(14-19-10-5-11-28-19)20(15-29-21)17-7-2-1-3-8-17/h1-13,15H,14H2. The lowest BCUT2D eigenvalue weighted by Gasteiger charge is -2.07. The van der Waals surface area contributed by atoms with Crippen molar-refractivity contribution in [3.05, 3.63) is 105 Å². The Balaban J connectivity index is 1.70. The first-order valence-corrected chi connectivity index (χ1v) is 9.66. The van der Waals surface area contributed by atoms with E-state index < -0.39 is 4.92 Å². The quantitative estimate of drug-likeness (QED) is 0.265. The number of hydrogen-bond acceptors (Lipinski definition) is 6. The van der Waals surface area contributed by atoms with Crippen molar-refractivity contribution in [1.29, 1.82) is 0 Å². The number of non-ortho nitro benzene ring substituents is 1. The molecule has 7 nitrogen and oxygen atoms in total. The highest BCUT2D eigenvalue weighted by Gasteiger charge is 2.10. The molecule has 0 saturated carbocycles. The number of hydrogen-bond donors (Lipinski definition) is 0. The Morgan fingerprint density at radius 3 is 2.72 bits per heavy atom.